The summed E-state index contributed by atoms with van der Waals surface area (Å²) in [7, 11) is 1.61. The summed E-state index contributed by atoms with van der Waals surface area (Å²) in [6.45, 7) is 1.67. The number of carbonyl (C=O) groups is 1. The average Bonchev–Trinajstić information content (AvgIpc) is 2.74. The second-order valence-electron chi connectivity index (χ2n) is 7.28. The number of nitrogens with one attached hydrogen (secondary N) is 1. The van der Waals surface area contributed by atoms with E-state index >= 15 is 0 Å². The highest BCUT2D eigenvalue weighted by Crippen LogP contribution is 2.35. The SMILES string of the molecule is C[C@@H](NC(=O)c1cc(-c2ccc(F)cn2)cc(C(O)C(F)(F)F)c1)c1ccc(O)[n+](C)c1. The van der Waals surface area contributed by atoms with Gasteiger partial charge >= 0.3 is 12.1 Å². The number of aromatic nitrogens is 2. The van der Waals surface area contributed by atoms with Gasteiger partial charge in [0.25, 0.3) is 5.91 Å². The normalized spacial score (nSPS) is 13.5. The fourth-order valence-corrected chi connectivity index (χ4v) is 3.06. The lowest BCUT2D eigenvalue weighted by molar-refractivity contribution is -0.678. The molecule has 0 radical (unpaired) electrons. The molecular formula is C22H20F4N3O3+. The molecule has 2 heterocycles. The van der Waals surface area contributed by atoms with Gasteiger partial charge in [-0.05, 0) is 48.9 Å². The lowest BCUT2D eigenvalue weighted by atomic mass is 9.98. The van der Waals surface area contributed by atoms with Crippen LogP contribution in [0.1, 0.15) is 40.6 Å². The summed E-state index contributed by atoms with van der Waals surface area (Å²) in [5.74, 6) is -1.31. The number of aromatic hydroxyl groups is 1. The Balaban J connectivity index is 1.97. The largest absolute Gasteiger partial charge is 0.460 e. The molecule has 0 saturated carbocycles. The Morgan fingerprint density at radius 2 is 1.84 bits per heavy atom. The van der Waals surface area contributed by atoms with Gasteiger partial charge in [0.2, 0.25) is 0 Å². The Morgan fingerprint density at radius 3 is 2.44 bits per heavy atom. The Hall–Kier alpha value is -3.53. The first-order chi connectivity index (χ1) is 15.0. The predicted molar refractivity (Wildman–Crippen MR) is 106 cm³/mol. The second kappa shape index (κ2) is 8.91. The van der Waals surface area contributed by atoms with Crippen molar-refractivity contribution in [2.45, 2.75) is 25.2 Å². The van der Waals surface area contributed by atoms with E-state index in [4.69, 9.17) is 0 Å². The average molecular weight is 450 g/mol. The summed E-state index contributed by atoms with van der Waals surface area (Å²) in [5, 5.41) is 22.0. The molecular weight excluding hydrogens is 430 g/mol. The van der Waals surface area contributed by atoms with Gasteiger partial charge in [0.1, 0.15) is 12.9 Å². The summed E-state index contributed by atoms with van der Waals surface area (Å²) in [5.41, 5.74) is 0.206. The third-order valence-corrected chi connectivity index (χ3v) is 4.84. The zero-order valence-corrected chi connectivity index (χ0v) is 17.1. The van der Waals surface area contributed by atoms with Gasteiger partial charge in [-0.15, -0.1) is 0 Å². The van der Waals surface area contributed by atoms with Crippen molar-refractivity contribution in [1.29, 1.82) is 0 Å². The van der Waals surface area contributed by atoms with E-state index in [2.05, 4.69) is 10.3 Å². The molecule has 6 nitrogen and oxygen atoms in total. The van der Waals surface area contributed by atoms with Crippen LogP contribution in [0.25, 0.3) is 11.3 Å². The minimum absolute atomic E-state index is 0.0116. The molecule has 0 bridgehead atoms. The van der Waals surface area contributed by atoms with Gasteiger partial charge in [0.15, 0.2) is 12.3 Å². The zero-order valence-electron chi connectivity index (χ0n) is 17.1. The maximum atomic E-state index is 13.2. The van der Waals surface area contributed by atoms with Crippen molar-refractivity contribution >= 4 is 5.91 Å². The molecule has 3 N–H and O–H groups in total. The molecule has 2 aromatic heterocycles. The zero-order chi connectivity index (χ0) is 23.6. The first-order valence-corrected chi connectivity index (χ1v) is 9.47. The molecule has 3 aromatic rings. The maximum absolute atomic E-state index is 13.2. The van der Waals surface area contributed by atoms with Gasteiger partial charge < -0.3 is 15.5 Å². The second-order valence-corrected chi connectivity index (χ2v) is 7.28. The standard InChI is InChI=1S/C22H19F4N3O3/c1-12(13-3-6-19(30)29(2)11-13)28-21(32)16-8-14(18-5-4-17(23)10-27-18)7-15(9-16)20(31)22(24,25)26/h3-12,20,31H,1-2H3,(H,28,32)/p+1/t12-,20?/m1/s1. The van der Waals surface area contributed by atoms with Crippen molar-refractivity contribution < 1.29 is 37.1 Å². The fourth-order valence-electron chi connectivity index (χ4n) is 3.06. The van der Waals surface area contributed by atoms with Crippen LogP contribution in [0.3, 0.4) is 0 Å². The van der Waals surface area contributed by atoms with Gasteiger partial charge in [-0.25, -0.2) is 4.39 Å². The molecule has 0 spiro atoms. The van der Waals surface area contributed by atoms with Crippen molar-refractivity contribution in [2.24, 2.45) is 7.05 Å². The summed E-state index contributed by atoms with van der Waals surface area (Å²) in [6.07, 6.45) is -5.27. The van der Waals surface area contributed by atoms with Crippen LogP contribution in [0, 0.1) is 5.82 Å². The number of nitrogens with zero attached hydrogens (tertiary/aromatic N) is 2. The number of aryl methyl sites for hydroxylation is 1. The van der Waals surface area contributed by atoms with E-state index in [9.17, 15) is 32.6 Å². The monoisotopic (exact) mass is 450 g/mol. The first kappa shape index (κ1) is 23.1. The fraction of sp³-hybridized carbons (Fsp3) is 0.227. The number of hydrogen-bond donors (Lipinski definition) is 3. The molecule has 0 saturated heterocycles. The summed E-state index contributed by atoms with van der Waals surface area (Å²) in [4.78, 5) is 16.7. The topological polar surface area (TPSA) is 86.3 Å². The van der Waals surface area contributed by atoms with Crippen LogP contribution >= 0.6 is 0 Å². The van der Waals surface area contributed by atoms with Crippen molar-refractivity contribution in [3.05, 3.63) is 77.4 Å². The number of benzene rings is 1. The van der Waals surface area contributed by atoms with Gasteiger partial charge in [0.05, 0.1) is 24.0 Å². The van der Waals surface area contributed by atoms with Crippen LogP contribution in [0.4, 0.5) is 17.6 Å². The van der Waals surface area contributed by atoms with Crippen molar-refractivity contribution in [3.63, 3.8) is 0 Å². The van der Waals surface area contributed by atoms with E-state index in [0.29, 0.717) is 5.56 Å². The highest BCUT2D eigenvalue weighted by atomic mass is 19.4. The molecule has 0 aliphatic heterocycles. The highest BCUT2D eigenvalue weighted by molar-refractivity contribution is 5.96. The van der Waals surface area contributed by atoms with Crippen molar-refractivity contribution in [3.8, 4) is 17.1 Å². The molecule has 168 valence electrons. The molecule has 0 aliphatic carbocycles. The first-order valence-electron chi connectivity index (χ1n) is 9.47. The third-order valence-electron chi connectivity index (χ3n) is 4.84. The number of halogens is 4. The minimum Gasteiger partial charge on any atom is -0.460 e. The lowest BCUT2D eigenvalue weighted by Gasteiger charge is -2.18. The Bertz CT molecular complexity index is 1130. The minimum atomic E-state index is -4.95. The quantitative estimate of drug-likeness (QED) is 0.410. The van der Waals surface area contributed by atoms with Gasteiger partial charge in [0, 0.05) is 16.7 Å². The number of amides is 1. The molecule has 0 fully saturated rings. The Morgan fingerprint density at radius 1 is 1.12 bits per heavy atom. The smallest absolute Gasteiger partial charge is 0.418 e. The molecule has 2 atom stereocenters. The molecule has 0 aliphatic rings. The van der Waals surface area contributed by atoms with Crippen LogP contribution in [0.15, 0.2) is 54.9 Å². The van der Waals surface area contributed by atoms with E-state index in [-0.39, 0.29) is 22.7 Å². The number of hydrogen-bond acceptors (Lipinski definition) is 4. The number of rotatable bonds is 5. The van der Waals surface area contributed by atoms with Crippen LogP contribution in [0.5, 0.6) is 5.88 Å². The molecule has 3 rings (SSSR count). The number of aliphatic hydroxyl groups is 1. The van der Waals surface area contributed by atoms with Crippen molar-refractivity contribution in [1.82, 2.24) is 10.3 Å². The molecule has 1 unspecified atom stereocenters. The van der Waals surface area contributed by atoms with E-state index in [1.807, 2.05) is 0 Å². The van der Waals surface area contributed by atoms with Crippen LogP contribution in [-0.4, -0.2) is 27.3 Å². The predicted octanol–water partition coefficient (Wildman–Crippen LogP) is 3.50. The molecule has 32 heavy (non-hydrogen) atoms. The third kappa shape index (κ3) is 5.20. The highest BCUT2D eigenvalue weighted by Gasteiger charge is 2.40. The van der Waals surface area contributed by atoms with Crippen LogP contribution in [0.2, 0.25) is 0 Å². The Kier molecular flexibility index (Phi) is 6.45. The van der Waals surface area contributed by atoms with Gasteiger partial charge in [-0.3, -0.25) is 9.78 Å². The Labute approximate surface area is 180 Å². The maximum Gasteiger partial charge on any atom is 0.418 e. The van der Waals surface area contributed by atoms with Crippen LogP contribution < -0.4 is 9.88 Å². The van der Waals surface area contributed by atoms with E-state index in [1.54, 1.807) is 26.2 Å². The van der Waals surface area contributed by atoms with Crippen LogP contribution in [-0.2, 0) is 7.05 Å². The van der Waals surface area contributed by atoms with E-state index in [1.165, 1.54) is 22.8 Å². The molecule has 1 amide bonds. The summed E-state index contributed by atoms with van der Waals surface area (Å²) < 4.78 is 54.0. The number of aliphatic hydroxyl groups excluding tert-OH is 1. The lowest BCUT2D eigenvalue weighted by Crippen LogP contribution is -2.32. The molecule has 10 heteroatoms. The molecule has 1 aromatic carbocycles. The summed E-state index contributed by atoms with van der Waals surface area (Å²) in [6, 6.07) is 8.15. The summed E-state index contributed by atoms with van der Waals surface area (Å²) >= 11 is 0. The van der Waals surface area contributed by atoms with E-state index < -0.39 is 35.6 Å². The number of alkyl halides is 3. The van der Waals surface area contributed by atoms with E-state index in [0.717, 1.165) is 24.4 Å². The number of carbonyl (C=O) groups excluding carboxylic acids is 1. The number of pyridine rings is 2. The van der Waals surface area contributed by atoms with Gasteiger partial charge in [-0.1, -0.05) is 0 Å². The van der Waals surface area contributed by atoms with Gasteiger partial charge in [-0.2, -0.15) is 17.7 Å². The van der Waals surface area contributed by atoms with Crippen molar-refractivity contribution in [2.75, 3.05) is 0 Å².